The summed E-state index contributed by atoms with van der Waals surface area (Å²) in [4.78, 5) is 11.1. The van der Waals surface area contributed by atoms with Gasteiger partial charge >= 0.3 is 0 Å². The Hall–Kier alpha value is -2.01. The van der Waals surface area contributed by atoms with E-state index in [2.05, 4.69) is 32.3 Å². The Bertz CT molecular complexity index is 785. The van der Waals surface area contributed by atoms with Crippen molar-refractivity contribution < 1.29 is 0 Å². The summed E-state index contributed by atoms with van der Waals surface area (Å²) in [6.45, 7) is 2.92. The van der Waals surface area contributed by atoms with Gasteiger partial charge in [0.15, 0.2) is 0 Å². The summed E-state index contributed by atoms with van der Waals surface area (Å²) in [7, 11) is 0. The number of nitrogen functional groups attached to an aromatic ring is 1. The third-order valence-corrected chi connectivity index (χ3v) is 6.08. The van der Waals surface area contributed by atoms with Gasteiger partial charge in [0, 0.05) is 35.1 Å². The van der Waals surface area contributed by atoms with Crippen molar-refractivity contribution in [2.45, 2.75) is 64.0 Å². The summed E-state index contributed by atoms with van der Waals surface area (Å²) in [5, 5.41) is 4.47. The third-order valence-electron chi connectivity index (χ3n) is 5.74. The molecule has 2 aromatic rings. The summed E-state index contributed by atoms with van der Waals surface area (Å²) in [5.41, 5.74) is 9.18. The second kappa shape index (κ2) is 7.93. The van der Waals surface area contributed by atoms with Crippen molar-refractivity contribution >= 4 is 29.1 Å². The Balaban J connectivity index is 1.68. The Morgan fingerprint density at radius 3 is 2.67 bits per heavy atom. The summed E-state index contributed by atoms with van der Waals surface area (Å²) in [5.74, 6) is 1.24. The lowest BCUT2D eigenvalue weighted by Gasteiger charge is -2.33. The minimum atomic E-state index is 0.205. The number of aryl methyl sites for hydroxylation is 1. The number of anilines is 3. The van der Waals surface area contributed by atoms with Crippen LogP contribution in [0, 0.1) is 6.92 Å². The molecular formula is C21H28ClN5. The van der Waals surface area contributed by atoms with Crippen molar-refractivity contribution in [3.05, 3.63) is 40.5 Å². The lowest BCUT2D eigenvalue weighted by molar-refractivity contribution is 0.445. The van der Waals surface area contributed by atoms with Crippen LogP contribution in [0.3, 0.4) is 0 Å². The van der Waals surface area contributed by atoms with Crippen LogP contribution in [-0.2, 0) is 0 Å². The van der Waals surface area contributed by atoms with E-state index < -0.39 is 0 Å². The monoisotopic (exact) mass is 385 g/mol. The predicted octanol–water partition coefficient (Wildman–Crippen LogP) is 5.11. The summed E-state index contributed by atoms with van der Waals surface area (Å²) < 4.78 is 0. The molecule has 0 amide bonds. The van der Waals surface area contributed by atoms with Crippen LogP contribution in [0.25, 0.3) is 0 Å². The molecule has 1 saturated heterocycles. The number of hydrogen-bond acceptors (Lipinski definition) is 5. The van der Waals surface area contributed by atoms with E-state index in [4.69, 9.17) is 17.3 Å². The van der Waals surface area contributed by atoms with Gasteiger partial charge in [0.05, 0.1) is 6.04 Å². The molecule has 1 aliphatic carbocycles. The first kappa shape index (κ1) is 18.4. The maximum Gasteiger partial charge on any atom is 0.222 e. The average molecular weight is 386 g/mol. The highest BCUT2D eigenvalue weighted by Crippen LogP contribution is 2.38. The largest absolute Gasteiger partial charge is 0.382 e. The number of halogens is 1. The fourth-order valence-electron chi connectivity index (χ4n) is 4.10. The van der Waals surface area contributed by atoms with Gasteiger partial charge in [-0.25, -0.2) is 4.98 Å². The molecule has 0 spiro atoms. The quantitative estimate of drug-likeness (QED) is 0.765. The molecule has 4 rings (SSSR count). The van der Waals surface area contributed by atoms with Crippen LogP contribution in [0.4, 0.5) is 17.5 Å². The van der Waals surface area contributed by atoms with Gasteiger partial charge in [0.25, 0.3) is 0 Å². The first-order chi connectivity index (χ1) is 13.1. The van der Waals surface area contributed by atoms with Gasteiger partial charge in [-0.3, -0.25) is 0 Å². The van der Waals surface area contributed by atoms with Gasteiger partial charge in [-0.1, -0.05) is 24.4 Å². The van der Waals surface area contributed by atoms with Crippen molar-refractivity contribution in [1.82, 2.24) is 9.97 Å². The number of hydrogen-bond donors (Lipinski definition) is 2. The molecule has 5 nitrogen and oxygen atoms in total. The maximum absolute atomic E-state index is 6.67. The minimum absolute atomic E-state index is 0.205. The molecule has 2 fully saturated rings. The van der Waals surface area contributed by atoms with Crippen LogP contribution < -0.4 is 16.0 Å². The van der Waals surface area contributed by atoms with E-state index in [0.29, 0.717) is 12.0 Å². The highest BCUT2D eigenvalue weighted by molar-refractivity contribution is 6.31. The maximum atomic E-state index is 6.67. The Morgan fingerprint density at radius 2 is 1.93 bits per heavy atom. The molecule has 1 aromatic heterocycles. The molecule has 0 radical (unpaired) electrons. The second-order valence-electron chi connectivity index (χ2n) is 7.79. The summed E-state index contributed by atoms with van der Waals surface area (Å²) in [6, 6.07) is 9.20. The topological polar surface area (TPSA) is 67.1 Å². The first-order valence-electron chi connectivity index (χ1n) is 10.0. The summed E-state index contributed by atoms with van der Waals surface area (Å²) >= 11 is 6.67. The second-order valence-corrected chi connectivity index (χ2v) is 8.20. The van der Waals surface area contributed by atoms with Crippen molar-refractivity contribution in [2.75, 3.05) is 22.5 Å². The highest BCUT2D eigenvalue weighted by Gasteiger charge is 2.27. The molecule has 1 aliphatic heterocycles. The molecule has 2 aliphatic rings. The van der Waals surface area contributed by atoms with E-state index in [1.165, 1.54) is 43.4 Å². The van der Waals surface area contributed by atoms with Gasteiger partial charge in [-0.15, -0.1) is 0 Å². The molecule has 27 heavy (non-hydrogen) atoms. The molecule has 0 bridgehead atoms. The molecule has 3 N–H and O–H groups in total. The van der Waals surface area contributed by atoms with Crippen molar-refractivity contribution in [1.29, 1.82) is 0 Å². The lowest BCUT2D eigenvalue weighted by Crippen LogP contribution is -2.30. The highest BCUT2D eigenvalue weighted by atomic mass is 35.5. The Labute approximate surface area is 166 Å². The van der Waals surface area contributed by atoms with Crippen LogP contribution in [0.2, 0.25) is 5.02 Å². The number of aromatic nitrogens is 2. The zero-order chi connectivity index (χ0) is 18.8. The SMILES string of the molecule is Cc1cc(N2CCCCCC2c2cc(NC3CCC3)ccc2Cl)nc(N)n1. The van der Waals surface area contributed by atoms with Crippen LogP contribution in [0.1, 0.15) is 62.2 Å². The fourth-order valence-corrected chi connectivity index (χ4v) is 4.35. The first-order valence-corrected chi connectivity index (χ1v) is 10.4. The van der Waals surface area contributed by atoms with E-state index >= 15 is 0 Å². The smallest absolute Gasteiger partial charge is 0.222 e. The molecule has 1 saturated carbocycles. The van der Waals surface area contributed by atoms with Crippen LogP contribution in [0.15, 0.2) is 24.3 Å². The number of nitrogens with two attached hydrogens (primary N) is 1. The molecule has 1 unspecified atom stereocenters. The van der Waals surface area contributed by atoms with E-state index in [9.17, 15) is 0 Å². The molecule has 1 atom stereocenters. The minimum Gasteiger partial charge on any atom is -0.382 e. The van der Waals surface area contributed by atoms with Gasteiger partial charge in [-0.2, -0.15) is 4.98 Å². The van der Waals surface area contributed by atoms with Crippen molar-refractivity contribution in [3.63, 3.8) is 0 Å². The van der Waals surface area contributed by atoms with Crippen LogP contribution >= 0.6 is 11.6 Å². The van der Waals surface area contributed by atoms with Gasteiger partial charge in [-0.05, 0) is 62.8 Å². The third kappa shape index (κ3) is 4.13. The van der Waals surface area contributed by atoms with Crippen molar-refractivity contribution in [3.8, 4) is 0 Å². The number of benzene rings is 1. The lowest BCUT2D eigenvalue weighted by atomic mass is 9.92. The standard InChI is InChI=1S/C21H28ClN5/c1-14-12-20(26-21(23)24-14)27-11-4-2-3-8-19(27)17-13-16(9-10-18(17)22)25-15-6-5-7-15/h9-10,12-13,15,19,25H,2-8,11H2,1H3,(H2,23,24,26). The molecule has 144 valence electrons. The normalized spacial score (nSPS) is 20.8. The fraction of sp³-hybridized carbons (Fsp3) is 0.524. The molecule has 1 aromatic carbocycles. The zero-order valence-corrected chi connectivity index (χ0v) is 16.7. The van der Waals surface area contributed by atoms with E-state index in [0.717, 1.165) is 35.9 Å². The van der Waals surface area contributed by atoms with Gasteiger partial charge in [0.1, 0.15) is 5.82 Å². The van der Waals surface area contributed by atoms with Crippen molar-refractivity contribution in [2.24, 2.45) is 0 Å². The van der Waals surface area contributed by atoms with Gasteiger partial charge in [0.2, 0.25) is 5.95 Å². The zero-order valence-electron chi connectivity index (χ0n) is 15.9. The average Bonchev–Trinajstić information content (AvgIpc) is 2.84. The number of nitrogens with zero attached hydrogens (tertiary/aromatic N) is 3. The Morgan fingerprint density at radius 1 is 1.07 bits per heavy atom. The molecule has 2 heterocycles. The van der Waals surface area contributed by atoms with Crippen LogP contribution in [-0.4, -0.2) is 22.6 Å². The number of nitrogens with one attached hydrogen (secondary N) is 1. The predicted molar refractivity (Wildman–Crippen MR) is 112 cm³/mol. The van der Waals surface area contributed by atoms with E-state index in [1.54, 1.807) is 0 Å². The summed E-state index contributed by atoms with van der Waals surface area (Å²) in [6.07, 6.45) is 8.47. The van der Waals surface area contributed by atoms with Gasteiger partial charge < -0.3 is 16.0 Å². The molecule has 6 heteroatoms. The molecular weight excluding hydrogens is 358 g/mol. The van der Waals surface area contributed by atoms with E-state index in [-0.39, 0.29) is 6.04 Å². The number of rotatable bonds is 4. The van der Waals surface area contributed by atoms with Crippen LogP contribution in [0.5, 0.6) is 0 Å². The van der Waals surface area contributed by atoms with E-state index in [1.807, 2.05) is 19.1 Å². The Kier molecular flexibility index (Phi) is 5.39.